The summed E-state index contributed by atoms with van der Waals surface area (Å²) in [6.07, 6.45) is 12.0. The molecular weight excluding hydrogens is 236 g/mol. The summed E-state index contributed by atoms with van der Waals surface area (Å²) in [6, 6.07) is 0. The average Bonchev–Trinajstić information content (AvgIpc) is 2.53. The van der Waals surface area contributed by atoms with E-state index in [0.717, 1.165) is 0 Å². The maximum absolute atomic E-state index is 5.86. The topological polar surface area (TPSA) is 18.5 Å². The minimum atomic E-state index is -0.350. The van der Waals surface area contributed by atoms with E-state index in [1.807, 2.05) is 6.08 Å². The van der Waals surface area contributed by atoms with Crippen LogP contribution in [-0.4, -0.2) is 18.8 Å². The van der Waals surface area contributed by atoms with Gasteiger partial charge in [-0.15, -0.1) is 0 Å². The molecule has 1 aliphatic heterocycles. The van der Waals surface area contributed by atoms with Crippen LogP contribution in [0.5, 0.6) is 0 Å². The first-order valence-electron chi connectivity index (χ1n) is 7.26. The Balaban J connectivity index is 2.21. The van der Waals surface area contributed by atoms with Crippen LogP contribution in [0.15, 0.2) is 35.6 Å². The number of rotatable bonds is 2. The molecule has 0 aromatic rings. The second-order valence-electron chi connectivity index (χ2n) is 6.47. The summed E-state index contributed by atoms with van der Waals surface area (Å²) in [5, 5.41) is 0. The zero-order valence-electron chi connectivity index (χ0n) is 12.7. The van der Waals surface area contributed by atoms with Crippen LogP contribution in [0.2, 0.25) is 0 Å². The van der Waals surface area contributed by atoms with E-state index < -0.39 is 0 Å². The van der Waals surface area contributed by atoms with Gasteiger partial charge in [-0.25, -0.2) is 0 Å². The van der Waals surface area contributed by atoms with Crippen LogP contribution in [0, 0.1) is 5.41 Å². The van der Waals surface area contributed by atoms with Crippen molar-refractivity contribution in [2.45, 2.75) is 52.6 Å². The van der Waals surface area contributed by atoms with Gasteiger partial charge in [0.2, 0.25) is 0 Å². The fraction of sp³-hybridized carbons (Fsp3) is 0.647. The molecular formula is C17H26O2. The highest BCUT2D eigenvalue weighted by atomic mass is 16.5. The van der Waals surface area contributed by atoms with E-state index in [2.05, 4.69) is 39.8 Å². The van der Waals surface area contributed by atoms with E-state index in [-0.39, 0.29) is 11.0 Å². The van der Waals surface area contributed by atoms with Gasteiger partial charge in [-0.1, -0.05) is 25.5 Å². The fourth-order valence-electron chi connectivity index (χ4n) is 2.97. The monoisotopic (exact) mass is 262 g/mol. The second kappa shape index (κ2) is 5.54. The third-order valence-corrected chi connectivity index (χ3v) is 4.23. The molecule has 19 heavy (non-hydrogen) atoms. The molecule has 2 rings (SSSR count). The van der Waals surface area contributed by atoms with E-state index in [0.29, 0.717) is 13.2 Å². The van der Waals surface area contributed by atoms with Crippen LogP contribution in [0.1, 0.15) is 47.0 Å². The third kappa shape index (κ3) is 3.50. The summed E-state index contributed by atoms with van der Waals surface area (Å²) in [5.74, 6) is 0. The Hall–Kier alpha value is -1.02. The lowest BCUT2D eigenvalue weighted by Crippen LogP contribution is -2.25. The van der Waals surface area contributed by atoms with Gasteiger partial charge in [0.1, 0.15) is 12.2 Å². The molecule has 0 bridgehead atoms. The van der Waals surface area contributed by atoms with E-state index in [1.54, 1.807) is 6.26 Å². The maximum Gasteiger partial charge on any atom is 0.111 e. The van der Waals surface area contributed by atoms with Crippen molar-refractivity contribution in [1.82, 2.24) is 0 Å². The number of hydrogen-bond donors (Lipinski definition) is 0. The first-order valence-corrected chi connectivity index (χ1v) is 7.26. The summed E-state index contributed by atoms with van der Waals surface area (Å²) in [4.78, 5) is 0. The molecule has 0 radical (unpaired) electrons. The average molecular weight is 262 g/mol. The van der Waals surface area contributed by atoms with Crippen molar-refractivity contribution in [3.63, 3.8) is 0 Å². The fourth-order valence-corrected chi connectivity index (χ4v) is 2.97. The summed E-state index contributed by atoms with van der Waals surface area (Å²) in [5.41, 5.74) is 2.92. The Kier molecular flexibility index (Phi) is 4.19. The molecule has 0 fully saturated rings. The van der Waals surface area contributed by atoms with Crippen molar-refractivity contribution < 1.29 is 9.47 Å². The highest BCUT2D eigenvalue weighted by molar-refractivity contribution is 5.34. The first kappa shape index (κ1) is 14.4. The van der Waals surface area contributed by atoms with Crippen LogP contribution in [-0.2, 0) is 9.47 Å². The van der Waals surface area contributed by atoms with Crippen LogP contribution in [0.25, 0.3) is 0 Å². The molecule has 1 aliphatic carbocycles. The largest absolute Gasteiger partial charge is 0.499 e. The van der Waals surface area contributed by atoms with Crippen molar-refractivity contribution in [2.75, 3.05) is 13.2 Å². The molecule has 1 heterocycles. The van der Waals surface area contributed by atoms with Gasteiger partial charge in [0.05, 0.1) is 12.9 Å². The Labute approximate surface area is 117 Å². The molecule has 0 aromatic carbocycles. The highest BCUT2D eigenvalue weighted by Crippen LogP contribution is 2.41. The standard InChI is InChI=1S/C17H26O2/c1-14-6-5-8-16(2,3)15(14)7-9-17(4)10-11-18-12-13-19-17/h7,9-11H,5-6,8,12-13H2,1-4H3/b9-7+/t17-/m0/s1. The first-order chi connectivity index (χ1) is 8.93. The van der Waals surface area contributed by atoms with Gasteiger partial charge in [-0.3, -0.25) is 0 Å². The smallest absolute Gasteiger partial charge is 0.111 e. The molecule has 106 valence electrons. The van der Waals surface area contributed by atoms with Crippen molar-refractivity contribution in [1.29, 1.82) is 0 Å². The maximum atomic E-state index is 5.86. The van der Waals surface area contributed by atoms with Crippen LogP contribution >= 0.6 is 0 Å². The molecule has 2 nitrogen and oxygen atoms in total. The van der Waals surface area contributed by atoms with Gasteiger partial charge < -0.3 is 9.47 Å². The molecule has 2 aliphatic rings. The van der Waals surface area contributed by atoms with E-state index in [1.165, 1.54) is 30.4 Å². The normalized spacial score (nSPS) is 31.4. The minimum absolute atomic E-state index is 0.278. The Morgan fingerprint density at radius 2 is 2.00 bits per heavy atom. The Bertz CT molecular complexity index is 415. The summed E-state index contributed by atoms with van der Waals surface area (Å²) < 4.78 is 11.2. The van der Waals surface area contributed by atoms with Gasteiger partial charge in [0, 0.05) is 0 Å². The zero-order valence-corrected chi connectivity index (χ0v) is 12.7. The zero-order chi connectivity index (χ0) is 13.9. The lowest BCUT2D eigenvalue weighted by molar-refractivity contribution is 0.0293. The van der Waals surface area contributed by atoms with Crippen molar-refractivity contribution in [3.05, 3.63) is 35.6 Å². The van der Waals surface area contributed by atoms with Crippen molar-refractivity contribution in [3.8, 4) is 0 Å². The Morgan fingerprint density at radius 1 is 1.21 bits per heavy atom. The molecule has 1 atom stereocenters. The molecule has 0 saturated heterocycles. The van der Waals surface area contributed by atoms with Gasteiger partial charge in [-0.05, 0) is 56.3 Å². The molecule has 0 aromatic heterocycles. The van der Waals surface area contributed by atoms with Crippen molar-refractivity contribution in [2.24, 2.45) is 5.41 Å². The SMILES string of the molecule is CC1=C(/C=C/[C@@]2(C)C=COCCO2)C(C)(C)CCC1. The molecule has 0 unspecified atom stereocenters. The molecule has 0 N–H and O–H groups in total. The van der Waals surface area contributed by atoms with Crippen LogP contribution < -0.4 is 0 Å². The summed E-state index contributed by atoms with van der Waals surface area (Å²) in [6.45, 7) is 10.3. The predicted octanol–water partition coefficient (Wildman–Crippen LogP) is 4.39. The third-order valence-electron chi connectivity index (χ3n) is 4.23. The molecule has 0 spiro atoms. The van der Waals surface area contributed by atoms with Crippen LogP contribution in [0.4, 0.5) is 0 Å². The van der Waals surface area contributed by atoms with Gasteiger partial charge in [0.25, 0.3) is 0 Å². The van der Waals surface area contributed by atoms with E-state index in [4.69, 9.17) is 9.47 Å². The lowest BCUT2D eigenvalue weighted by atomic mass is 9.72. The number of ether oxygens (including phenoxy) is 2. The second-order valence-corrected chi connectivity index (χ2v) is 6.47. The highest BCUT2D eigenvalue weighted by Gasteiger charge is 2.28. The predicted molar refractivity (Wildman–Crippen MR) is 78.9 cm³/mol. The van der Waals surface area contributed by atoms with Crippen LogP contribution in [0.3, 0.4) is 0 Å². The number of hydrogen-bond acceptors (Lipinski definition) is 2. The molecule has 0 amide bonds. The van der Waals surface area contributed by atoms with Gasteiger partial charge in [0.15, 0.2) is 0 Å². The quantitative estimate of drug-likeness (QED) is 0.735. The molecule has 2 heteroatoms. The Morgan fingerprint density at radius 3 is 2.74 bits per heavy atom. The van der Waals surface area contributed by atoms with E-state index in [9.17, 15) is 0 Å². The molecule has 0 saturated carbocycles. The van der Waals surface area contributed by atoms with Gasteiger partial charge >= 0.3 is 0 Å². The van der Waals surface area contributed by atoms with Crippen molar-refractivity contribution >= 4 is 0 Å². The summed E-state index contributed by atoms with van der Waals surface area (Å²) in [7, 11) is 0. The minimum Gasteiger partial charge on any atom is -0.499 e. The van der Waals surface area contributed by atoms with E-state index >= 15 is 0 Å². The summed E-state index contributed by atoms with van der Waals surface area (Å²) >= 11 is 0. The number of allylic oxidation sites excluding steroid dienone is 3. The van der Waals surface area contributed by atoms with Gasteiger partial charge in [-0.2, -0.15) is 0 Å². The lowest BCUT2D eigenvalue weighted by Gasteiger charge is -2.33.